The van der Waals surface area contributed by atoms with Gasteiger partial charge in [-0.05, 0) is 36.4 Å². The van der Waals surface area contributed by atoms with Crippen molar-refractivity contribution in [3.05, 3.63) is 81.6 Å². The summed E-state index contributed by atoms with van der Waals surface area (Å²) in [4.78, 5) is 24.7. The number of amides is 2. The Morgan fingerprint density at radius 2 is 1.81 bits per heavy atom. The number of anilines is 1. The third-order valence-electron chi connectivity index (χ3n) is 4.08. The lowest BCUT2D eigenvalue weighted by Crippen LogP contribution is -2.24. The predicted molar refractivity (Wildman–Crippen MR) is 129 cm³/mol. The van der Waals surface area contributed by atoms with Crippen LogP contribution in [0, 0.1) is 0 Å². The van der Waals surface area contributed by atoms with Crippen LogP contribution in [0.15, 0.2) is 60.3 Å². The Bertz CT molecular complexity index is 1130. The molecule has 0 saturated carbocycles. The Kier molecular flexibility index (Phi) is 8.58. The fraction of sp³-hybridized carbons (Fsp3) is 0.143. The average molecular weight is 511 g/mol. The second kappa shape index (κ2) is 11.4. The van der Waals surface area contributed by atoms with Crippen molar-refractivity contribution in [3.8, 4) is 0 Å². The number of carbonyl (C=O) groups is 2. The van der Waals surface area contributed by atoms with Gasteiger partial charge in [0.2, 0.25) is 5.91 Å². The topological polar surface area (TPSA) is 88.9 Å². The van der Waals surface area contributed by atoms with Crippen molar-refractivity contribution >= 4 is 64.1 Å². The quantitative estimate of drug-likeness (QED) is 0.309. The molecule has 0 saturated heterocycles. The zero-order chi connectivity index (χ0) is 23.1. The highest BCUT2D eigenvalue weighted by atomic mass is 35.5. The van der Waals surface area contributed by atoms with Crippen molar-refractivity contribution in [3.63, 3.8) is 0 Å². The number of carbonyl (C=O) groups excluding carboxylic acids is 2. The molecule has 0 atom stereocenters. The number of halogens is 3. The second-order valence-corrected chi connectivity index (χ2v) is 8.74. The largest absolute Gasteiger partial charge is 0.345 e. The van der Waals surface area contributed by atoms with Crippen LogP contribution in [0.3, 0.4) is 0 Å². The molecule has 2 N–H and O–H groups in total. The molecule has 0 radical (unpaired) electrons. The van der Waals surface area contributed by atoms with Gasteiger partial charge in [-0.15, -0.1) is 16.8 Å². The normalized spacial score (nSPS) is 10.6. The van der Waals surface area contributed by atoms with E-state index in [9.17, 15) is 9.59 Å². The van der Waals surface area contributed by atoms with E-state index in [1.165, 1.54) is 11.8 Å². The molecule has 0 spiro atoms. The maximum atomic E-state index is 12.4. The van der Waals surface area contributed by atoms with Crippen molar-refractivity contribution in [2.75, 3.05) is 11.1 Å². The molecule has 3 rings (SSSR count). The highest BCUT2D eigenvalue weighted by molar-refractivity contribution is 7.99. The van der Waals surface area contributed by atoms with E-state index in [-0.39, 0.29) is 24.1 Å². The zero-order valence-corrected chi connectivity index (χ0v) is 19.7. The van der Waals surface area contributed by atoms with Crippen molar-refractivity contribution in [1.29, 1.82) is 0 Å². The van der Waals surface area contributed by atoms with Crippen molar-refractivity contribution in [2.24, 2.45) is 0 Å². The molecular weight excluding hydrogens is 493 g/mol. The Labute approximate surface area is 204 Å². The van der Waals surface area contributed by atoms with Crippen LogP contribution in [0.1, 0.15) is 16.2 Å². The van der Waals surface area contributed by atoms with Gasteiger partial charge in [-0.1, -0.05) is 58.7 Å². The number of aromatic nitrogens is 3. The summed E-state index contributed by atoms with van der Waals surface area (Å²) < 4.78 is 1.78. The van der Waals surface area contributed by atoms with Crippen LogP contribution in [-0.2, 0) is 17.9 Å². The molecule has 32 heavy (non-hydrogen) atoms. The first-order valence-corrected chi connectivity index (χ1v) is 11.4. The molecule has 0 aliphatic rings. The van der Waals surface area contributed by atoms with Crippen molar-refractivity contribution in [1.82, 2.24) is 20.1 Å². The molecular formula is C21H18Cl3N5O2S. The molecule has 11 heteroatoms. The monoisotopic (exact) mass is 509 g/mol. The van der Waals surface area contributed by atoms with Crippen molar-refractivity contribution in [2.45, 2.75) is 18.2 Å². The fourth-order valence-corrected chi connectivity index (χ4v) is 4.20. The smallest absolute Gasteiger partial charge is 0.251 e. The molecule has 7 nitrogen and oxygen atoms in total. The molecule has 0 aliphatic carbocycles. The molecule has 0 unspecified atom stereocenters. The Morgan fingerprint density at radius 1 is 1.06 bits per heavy atom. The SMILES string of the molecule is C=CCn1c(CNC(=O)c2cccc(Cl)c2)nnc1SCC(=O)Nc1cc(Cl)cc(Cl)c1. The minimum Gasteiger partial charge on any atom is -0.345 e. The van der Waals surface area contributed by atoms with E-state index in [0.717, 1.165) is 0 Å². The number of benzene rings is 2. The first kappa shape index (κ1) is 24.1. The van der Waals surface area contributed by atoms with Gasteiger partial charge in [-0.25, -0.2) is 0 Å². The maximum Gasteiger partial charge on any atom is 0.251 e. The lowest BCUT2D eigenvalue weighted by Gasteiger charge is -2.09. The van der Waals surface area contributed by atoms with E-state index in [2.05, 4.69) is 27.4 Å². The van der Waals surface area contributed by atoms with Gasteiger partial charge in [0.25, 0.3) is 5.91 Å². The van der Waals surface area contributed by atoms with Gasteiger partial charge >= 0.3 is 0 Å². The molecule has 1 heterocycles. The first-order valence-electron chi connectivity index (χ1n) is 9.31. The molecule has 0 bridgehead atoms. The van der Waals surface area contributed by atoms with Crippen molar-refractivity contribution < 1.29 is 9.59 Å². The van der Waals surface area contributed by atoms with E-state index >= 15 is 0 Å². The summed E-state index contributed by atoms with van der Waals surface area (Å²) in [6.07, 6.45) is 1.68. The van der Waals surface area contributed by atoms with Crippen LogP contribution in [0.5, 0.6) is 0 Å². The van der Waals surface area contributed by atoms with E-state index in [1.54, 1.807) is 53.1 Å². The zero-order valence-electron chi connectivity index (χ0n) is 16.6. The highest BCUT2D eigenvalue weighted by Gasteiger charge is 2.15. The lowest BCUT2D eigenvalue weighted by molar-refractivity contribution is -0.113. The molecule has 3 aromatic rings. The van der Waals surface area contributed by atoms with E-state index in [0.29, 0.717) is 43.8 Å². The summed E-state index contributed by atoms with van der Waals surface area (Å²) in [6.45, 7) is 4.32. The summed E-state index contributed by atoms with van der Waals surface area (Å²) in [5.74, 6) is 0.0883. The van der Waals surface area contributed by atoms with E-state index in [1.807, 2.05) is 0 Å². The molecule has 166 valence electrons. The number of nitrogens with one attached hydrogen (secondary N) is 2. The summed E-state index contributed by atoms with van der Waals surface area (Å²) in [5, 5.41) is 15.7. The van der Waals surface area contributed by atoms with Gasteiger partial charge in [-0.3, -0.25) is 9.59 Å². The second-order valence-electron chi connectivity index (χ2n) is 6.49. The van der Waals surface area contributed by atoms with E-state index < -0.39 is 0 Å². The van der Waals surface area contributed by atoms with Crippen LogP contribution < -0.4 is 10.6 Å². The van der Waals surface area contributed by atoms with Crippen LogP contribution in [0.25, 0.3) is 0 Å². The third-order valence-corrected chi connectivity index (χ3v) is 5.72. The first-order chi connectivity index (χ1) is 15.4. The Hall–Kier alpha value is -2.52. The van der Waals surface area contributed by atoms with Crippen LogP contribution in [-0.4, -0.2) is 32.3 Å². The van der Waals surface area contributed by atoms with E-state index in [4.69, 9.17) is 34.8 Å². The lowest BCUT2D eigenvalue weighted by atomic mass is 10.2. The van der Waals surface area contributed by atoms with Crippen LogP contribution >= 0.6 is 46.6 Å². The predicted octanol–water partition coefficient (Wildman–Crippen LogP) is 5.09. The number of allylic oxidation sites excluding steroid dienone is 1. The molecule has 2 amide bonds. The highest BCUT2D eigenvalue weighted by Crippen LogP contribution is 2.23. The Balaban J connectivity index is 1.61. The van der Waals surface area contributed by atoms with Gasteiger partial charge < -0.3 is 15.2 Å². The maximum absolute atomic E-state index is 12.4. The number of hydrogen-bond acceptors (Lipinski definition) is 5. The third kappa shape index (κ3) is 6.74. The summed E-state index contributed by atoms with van der Waals surface area (Å²) in [6, 6.07) is 11.4. The summed E-state index contributed by atoms with van der Waals surface area (Å²) in [7, 11) is 0. The molecule has 0 fully saturated rings. The molecule has 1 aromatic heterocycles. The molecule has 2 aromatic carbocycles. The van der Waals surface area contributed by atoms with Crippen LogP contribution in [0.4, 0.5) is 5.69 Å². The van der Waals surface area contributed by atoms with Gasteiger partial charge in [-0.2, -0.15) is 0 Å². The number of thioether (sulfide) groups is 1. The minimum atomic E-state index is -0.283. The standard InChI is InChI=1S/C21H18Cl3N5O2S/c1-2-6-29-18(11-25-20(31)13-4-3-5-14(22)7-13)27-28-21(29)32-12-19(30)26-17-9-15(23)8-16(24)10-17/h2-5,7-10H,1,6,11-12H2,(H,25,31)(H,26,30). The minimum absolute atomic E-state index is 0.0915. The number of hydrogen-bond donors (Lipinski definition) is 2. The average Bonchev–Trinajstić information content (AvgIpc) is 3.11. The fourth-order valence-electron chi connectivity index (χ4n) is 2.71. The summed E-state index contributed by atoms with van der Waals surface area (Å²) >= 11 is 19.1. The van der Waals surface area contributed by atoms with Gasteiger partial charge in [0.05, 0.1) is 12.3 Å². The van der Waals surface area contributed by atoms with Gasteiger partial charge in [0, 0.05) is 32.9 Å². The van der Waals surface area contributed by atoms with Gasteiger partial charge in [0.15, 0.2) is 11.0 Å². The van der Waals surface area contributed by atoms with Gasteiger partial charge in [0.1, 0.15) is 0 Å². The number of nitrogens with zero attached hydrogens (tertiary/aromatic N) is 3. The molecule has 0 aliphatic heterocycles. The summed E-state index contributed by atoms with van der Waals surface area (Å²) in [5.41, 5.74) is 0.949. The number of rotatable bonds is 9. The van der Waals surface area contributed by atoms with Crippen LogP contribution in [0.2, 0.25) is 15.1 Å². The Morgan fingerprint density at radius 3 is 2.50 bits per heavy atom.